The topological polar surface area (TPSA) is 113 Å². The maximum atomic E-state index is 12.5. The van der Waals surface area contributed by atoms with E-state index in [0.717, 1.165) is 17.0 Å². The number of aliphatic hydroxyl groups excluding tert-OH is 1. The maximum Gasteiger partial charge on any atom is 0.238 e. The Hall–Kier alpha value is -3.01. The van der Waals surface area contributed by atoms with Crippen LogP contribution in [0.5, 0.6) is 5.75 Å². The SMILES string of the molecule is CN(C)CC(=O)Nc1ccc2c(c1)[C@@H]1C[C@H](CC(=O)NCc3ccccn3)O[C@@H](CO)[C@@H]1O2. The van der Waals surface area contributed by atoms with Gasteiger partial charge in [0.15, 0.2) is 0 Å². The molecule has 1 saturated heterocycles. The van der Waals surface area contributed by atoms with Crippen molar-refractivity contribution >= 4 is 17.5 Å². The summed E-state index contributed by atoms with van der Waals surface area (Å²) in [6, 6.07) is 11.1. The van der Waals surface area contributed by atoms with Crippen LogP contribution in [0.1, 0.15) is 30.0 Å². The molecule has 0 aliphatic carbocycles. The summed E-state index contributed by atoms with van der Waals surface area (Å²) in [6.45, 7) is 0.438. The number of fused-ring (bicyclic) bond motifs is 3. The Kier molecular flexibility index (Phi) is 7.22. The lowest BCUT2D eigenvalue weighted by atomic mass is 9.84. The van der Waals surface area contributed by atoms with Gasteiger partial charge in [0.1, 0.15) is 18.0 Å². The van der Waals surface area contributed by atoms with Crippen LogP contribution in [0, 0.1) is 0 Å². The van der Waals surface area contributed by atoms with E-state index in [1.54, 1.807) is 17.2 Å². The van der Waals surface area contributed by atoms with E-state index in [2.05, 4.69) is 15.6 Å². The third-order valence-electron chi connectivity index (χ3n) is 5.85. The third kappa shape index (κ3) is 5.68. The number of likely N-dealkylation sites (N-methyl/N-ethyl adjacent to an activating group) is 1. The first-order valence-corrected chi connectivity index (χ1v) is 11.1. The van der Waals surface area contributed by atoms with Crippen LogP contribution in [0.2, 0.25) is 0 Å². The molecule has 4 atom stereocenters. The van der Waals surface area contributed by atoms with Crippen molar-refractivity contribution in [3.8, 4) is 5.75 Å². The fraction of sp³-hybridized carbons (Fsp3) is 0.458. The van der Waals surface area contributed by atoms with Crippen LogP contribution in [0.25, 0.3) is 0 Å². The molecule has 1 aromatic carbocycles. The van der Waals surface area contributed by atoms with E-state index in [0.29, 0.717) is 18.7 Å². The number of anilines is 1. The van der Waals surface area contributed by atoms with Crippen LogP contribution < -0.4 is 15.4 Å². The lowest BCUT2D eigenvalue weighted by Crippen LogP contribution is -2.47. The summed E-state index contributed by atoms with van der Waals surface area (Å²) in [6.07, 6.45) is 1.24. The predicted octanol–water partition coefficient (Wildman–Crippen LogP) is 1.28. The highest BCUT2D eigenvalue weighted by Crippen LogP contribution is 2.47. The van der Waals surface area contributed by atoms with Crippen molar-refractivity contribution in [1.82, 2.24) is 15.2 Å². The molecule has 0 bridgehead atoms. The smallest absolute Gasteiger partial charge is 0.238 e. The highest BCUT2D eigenvalue weighted by Gasteiger charge is 2.46. The number of benzene rings is 1. The maximum absolute atomic E-state index is 12.5. The Bertz CT molecular complexity index is 984. The second kappa shape index (κ2) is 10.3. The average Bonchev–Trinajstić information content (AvgIpc) is 3.15. The Morgan fingerprint density at radius 1 is 1.21 bits per heavy atom. The molecule has 9 heteroatoms. The molecule has 0 saturated carbocycles. The Morgan fingerprint density at radius 2 is 2.06 bits per heavy atom. The highest BCUT2D eigenvalue weighted by molar-refractivity contribution is 5.92. The van der Waals surface area contributed by atoms with Gasteiger partial charge in [-0.1, -0.05) is 6.07 Å². The normalized spacial score (nSPS) is 23.4. The molecular formula is C24H30N4O5. The molecule has 176 valence electrons. The molecule has 3 heterocycles. The first kappa shape index (κ1) is 23.2. The molecule has 2 amide bonds. The number of pyridine rings is 1. The first-order chi connectivity index (χ1) is 15.9. The van der Waals surface area contributed by atoms with Crippen LogP contribution in [0.15, 0.2) is 42.6 Å². The van der Waals surface area contributed by atoms with Gasteiger partial charge in [0.2, 0.25) is 11.8 Å². The van der Waals surface area contributed by atoms with E-state index < -0.39 is 6.10 Å². The molecule has 2 aromatic rings. The van der Waals surface area contributed by atoms with Crippen LogP contribution in [0.4, 0.5) is 5.69 Å². The van der Waals surface area contributed by atoms with E-state index in [9.17, 15) is 14.7 Å². The number of aliphatic hydroxyl groups is 1. The lowest BCUT2D eigenvalue weighted by Gasteiger charge is -2.37. The van der Waals surface area contributed by atoms with Gasteiger partial charge in [-0.15, -0.1) is 0 Å². The summed E-state index contributed by atoms with van der Waals surface area (Å²) in [5.74, 6) is 0.450. The van der Waals surface area contributed by atoms with E-state index in [-0.39, 0.29) is 49.5 Å². The Morgan fingerprint density at radius 3 is 2.79 bits per heavy atom. The molecule has 0 spiro atoms. The molecule has 2 aliphatic heterocycles. The van der Waals surface area contributed by atoms with Crippen molar-refractivity contribution in [3.05, 3.63) is 53.9 Å². The number of hydrogen-bond donors (Lipinski definition) is 3. The quantitative estimate of drug-likeness (QED) is 0.551. The minimum absolute atomic E-state index is 0.0369. The van der Waals surface area contributed by atoms with Crippen LogP contribution in [-0.2, 0) is 20.9 Å². The fourth-order valence-corrected chi connectivity index (χ4v) is 4.43. The first-order valence-electron chi connectivity index (χ1n) is 11.1. The number of nitrogens with one attached hydrogen (secondary N) is 2. The van der Waals surface area contributed by atoms with Crippen LogP contribution >= 0.6 is 0 Å². The fourth-order valence-electron chi connectivity index (χ4n) is 4.43. The van der Waals surface area contributed by atoms with Gasteiger partial charge < -0.3 is 30.1 Å². The van der Waals surface area contributed by atoms with E-state index in [4.69, 9.17) is 9.47 Å². The Labute approximate surface area is 193 Å². The monoisotopic (exact) mass is 454 g/mol. The number of ether oxygens (including phenoxy) is 2. The molecule has 0 unspecified atom stereocenters. The van der Waals surface area contributed by atoms with Gasteiger partial charge in [-0.05, 0) is 50.8 Å². The number of hydrogen-bond acceptors (Lipinski definition) is 7. The summed E-state index contributed by atoms with van der Waals surface area (Å²) >= 11 is 0. The van der Waals surface area contributed by atoms with Crippen molar-refractivity contribution in [3.63, 3.8) is 0 Å². The van der Waals surface area contributed by atoms with Gasteiger partial charge in [0, 0.05) is 23.4 Å². The standard InChI is InChI=1S/C24H30N4O5/c1-28(2)13-23(31)27-15-6-7-20-18(9-15)19-10-17(32-21(14-29)24(19)33-20)11-22(30)26-12-16-5-3-4-8-25-16/h3-9,17,19,21,24,29H,10-14H2,1-2H3,(H,26,30)(H,27,31)/t17-,19+,21+,24-/m1/s1. The number of amides is 2. The average molecular weight is 455 g/mol. The summed E-state index contributed by atoms with van der Waals surface area (Å²) < 4.78 is 12.1. The minimum Gasteiger partial charge on any atom is -0.487 e. The van der Waals surface area contributed by atoms with E-state index >= 15 is 0 Å². The molecule has 9 nitrogen and oxygen atoms in total. The van der Waals surface area contributed by atoms with Crippen LogP contribution in [-0.4, -0.2) is 72.4 Å². The molecule has 1 aromatic heterocycles. The summed E-state index contributed by atoms with van der Waals surface area (Å²) in [7, 11) is 3.68. The predicted molar refractivity (Wildman–Crippen MR) is 122 cm³/mol. The number of aromatic nitrogens is 1. The van der Waals surface area contributed by atoms with Crippen molar-refractivity contribution in [2.75, 3.05) is 32.6 Å². The molecule has 1 fully saturated rings. The zero-order chi connectivity index (χ0) is 23.4. The van der Waals surface area contributed by atoms with E-state index in [1.165, 1.54) is 0 Å². The zero-order valence-corrected chi connectivity index (χ0v) is 18.9. The van der Waals surface area contributed by atoms with Gasteiger partial charge in [-0.25, -0.2) is 0 Å². The minimum atomic E-state index is -0.531. The summed E-state index contributed by atoms with van der Waals surface area (Å²) in [4.78, 5) is 30.7. The number of carbonyl (C=O) groups excluding carboxylic acids is 2. The lowest BCUT2D eigenvalue weighted by molar-refractivity contribution is -0.142. The summed E-state index contributed by atoms with van der Waals surface area (Å²) in [5.41, 5.74) is 2.44. The molecule has 3 N–H and O–H groups in total. The summed E-state index contributed by atoms with van der Waals surface area (Å²) in [5, 5.41) is 15.7. The van der Waals surface area contributed by atoms with Crippen molar-refractivity contribution in [1.29, 1.82) is 0 Å². The van der Waals surface area contributed by atoms with Gasteiger partial charge in [-0.2, -0.15) is 0 Å². The molecule has 33 heavy (non-hydrogen) atoms. The van der Waals surface area contributed by atoms with Crippen molar-refractivity contribution in [2.24, 2.45) is 0 Å². The second-order valence-electron chi connectivity index (χ2n) is 8.74. The Balaban J connectivity index is 1.42. The van der Waals surface area contributed by atoms with Crippen molar-refractivity contribution < 1.29 is 24.2 Å². The third-order valence-corrected chi connectivity index (χ3v) is 5.85. The number of carbonyl (C=O) groups is 2. The molecule has 4 rings (SSSR count). The molecule has 2 aliphatic rings. The highest BCUT2D eigenvalue weighted by atomic mass is 16.6. The van der Waals surface area contributed by atoms with E-state index in [1.807, 2.05) is 44.4 Å². The number of rotatable bonds is 8. The molecule has 0 radical (unpaired) electrons. The van der Waals surface area contributed by atoms with Gasteiger partial charge in [0.25, 0.3) is 0 Å². The zero-order valence-electron chi connectivity index (χ0n) is 18.9. The van der Waals surface area contributed by atoms with Gasteiger partial charge in [-0.3, -0.25) is 14.6 Å². The van der Waals surface area contributed by atoms with Gasteiger partial charge >= 0.3 is 0 Å². The number of nitrogens with zero attached hydrogens (tertiary/aromatic N) is 2. The largest absolute Gasteiger partial charge is 0.487 e. The van der Waals surface area contributed by atoms with Crippen molar-refractivity contribution in [2.45, 2.75) is 43.6 Å². The molecular weight excluding hydrogens is 424 g/mol. The second-order valence-corrected chi connectivity index (χ2v) is 8.74. The van der Waals surface area contributed by atoms with Gasteiger partial charge in [0.05, 0.1) is 37.9 Å². The van der Waals surface area contributed by atoms with Crippen LogP contribution in [0.3, 0.4) is 0 Å².